The zero-order valence-corrected chi connectivity index (χ0v) is 14.8. The average Bonchev–Trinajstić information content (AvgIpc) is 2.94. The number of rotatable bonds is 3. The molecule has 0 saturated carbocycles. The van der Waals surface area contributed by atoms with Gasteiger partial charge in [0.05, 0.1) is 10.6 Å². The van der Waals surface area contributed by atoms with Gasteiger partial charge in [-0.1, -0.05) is 51.1 Å². The van der Waals surface area contributed by atoms with Gasteiger partial charge < -0.3 is 0 Å². The van der Waals surface area contributed by atoms with Gasteiger partial charge in [-0.3, -0.25) is 4.72 Å². The smallest absolute Gasteiger partial charge is 0.255 e. The number of sulfonamides is 1. The van der Waals surface area contributed by atoms with Gasteiger partial charge in [0.25, 0.3) is 10.0 Å². The third kappa shape index (κ3) is 3.38. The SMILES string of the molecule is CC(C)(C)c1csc(NS(=O)(=O)c2ccc3ccccc3c2)n1. The van der Waals surface area contributed by atoms with E-state index >= 15 is 0 Å². The third-order valence-electron chi connectivity index (χ3n) is 3.53. The molecular formula is C17H18N2O2S2. The lowest BCUT2D eigenvalue weighted by Gasteiger charge is -2.14. The fourth-order valence-electron chi connectivity index (χ4n) is 2.17. The summed E-state index contributed by atoms with van der Waals surface area (Å²) < 4.78 is 27.7. The lowest BCUT2D eigenvalue weighted by molar-refractivity contribution is 0.573. The Morgan fingerprint density at radius 1 is 1.04 bits per heavy atom. The molecule has 0 aliphatic carbocycles. The first kappa shape index (κ1) is 16.0. The second-order valence-electron chi connectivity index (χ2n) is 6.40. The van der Waals surface area contributed by atoms with Crippen LogP contribution in [0.1, 0.15) is 26.5 Å². The van der Waals surface area contributed by atoms with Crippen molar-refractivity contribution in [1.29, 1.82) is 0 Å². The summed E-state index contributed by atoms with van der Waals surface area (Å²) in [5, 5.41) is 4.18. The van der Waals surface area contributed by atoms with E-state index in [0.29, 0.717) is 5.13 Å². The Morgan fingerprint density at radius 2 is 1.74 bits per heavy atom. The summed E-state index contributed by atoms with van der Waals surface area (Å²) in [5.74, 6) is 0. The predicted octanol–water partition coefficient (Wildman–Crippen LogP) is 4.39. The average molecular weight is 346 g/mol. The minimum Gasteiger partial charge on any atom is -0.255 e. The molecule has 0 aliphatic rings. The maximum absolute atomic E-state index is 12.6. The van der Waals surface area contributed by atoms with Crippen LogP contribution in [0.15, 0.2) is 52.7 Å². The van der Waals surface area contributed by atoms with E-state index in [4.69, 9.17) is 0 Å². The molecule has 3 rings (SSSR count). The lowest BCUT2D eigenvalue weighted by Crippen LogP contribution is -2.14. The highest BCUT2D eigenvalue weighted by Crippen LogP contribution is 2.28. The summed E-state index contributed by atoms with van der Waals surface area (Å²) in [6, 6.07) is 12.8. The molecule has 6 heteroatoms. The number of anilines is 1. The molecule has 0 amide bonds. The topological polar surface area (TPSA) is 59.1 Å². The number of nitrogens with zero attached hydrogens (tertiary/aromatic N) is 1. The van der Waals surface area contributed by atoms with Crippen LogP contribution in [-0.2, 0) is 15.4 Å². The Hall–Kier alpha value is -1.92. The highest BCUT2D eigenvalue weighted by Gasteiger charge is 2.20. The van der Waals surface area contributed by atoms with Crippen molar-refractivity contribution in [3.63, 3.8) is 0 Å². The molecule has 0 fully saturated rings. The molecule has 120 valence electrons. The molecule has 0 unspecified atom stereocenters. The van der Waals surface area contributed by atoms with Crippen LogP contribution in [0.3, 0.4) is 0 Å². The number of aromatic nitrogens is 1. The molecule has 1 aromatic heterocycles. The quantitative estimate of drug-likeness (QED) is 0.765. The second-order valence-corrected chi connectivity index (χ2v) is 8.94. The first-order chi connectivity index (χ1) is 10.8. The highest BCUT2D eigenvalue weighted by molar-refractivity contribution is 7.93. The number of hydrogen-bond donors (Lipinski definition) is 1. The standard InChI is InChI=1S/C17H18N2O2S2/c1-17(2,3)15-11-22-16(18-15)19-23(20,21)14-9-8-12-6-4-5-7-13(12)10-14/h4-11H,1-3H3,(H,18,19). The van der Waals surface area contributed by atoms with Crippen LogP contribution in [0.4, 0.5) is 5.13 Å². The monoisotopic (exact) mass is 346 g/mol. The van der Waals surface area contributed by atoms with Crippen molar-refractivity contribution >= 4 is 37.3 Å². The molecule has 1 N–H and O–H groups in total. The van der Waals surface area contributed by atoms with E-state index in [9.17, 15) is 8.42 Å². The summed E-state index contributed by atoms with van der Waals surface area (Å²) in [6.45, 7) is 6.14. The van der Waals surface area contributed by atoms with Crippen LogP contribution in [0.2, 0.25) is 0 Å². The van der Waals surface area contributed by atoms with Gasteiger partial charge in [0.2, 0.25) is 0 Å². The Balaban J connectivity index is 1.92. The number of fused-ring (bicyclic) bond motifs is 1. The van der Waals surface area contributed by atoms with Gasteiger partial charge >= 0.3 is 0 Å². The summed E-state index contributed by atoms with van der Waals surface area (Å²) in [5.41, 5.74) is 0.766. The van der Waals surface area contributed by atoms with Gasteiger partial charge in [-0.25, -0.2) is 13.4 Å². The van der Waals surface area contributed by atoms with Crippen LogP contribution in [-0.4, -0.2) is 13.4 Å². The number of nitrogens with one attached hydrogen (secondary N) is 1. The maximum atomic E-state index is 12.6. The van der Waals surface area contributed by atoms with Crippen molar-refractivity contribution in [3.05, 3.63) is 53.5 Å². The second kappa shape index (κ2) is 5.62. The molecule has 0 radical (unpaired) electrons. The van der Waals surface area contributed by atoms with Crippen LogP contribution < -0.4 is 4.72 Å². The van der Waals surface area contributed by atoms with Crippen LogP contribution in [0.5, 0.6) is 0 Å². The largest absolute Gasteiger partial charge is 0.263 e. The van der Waals surface area contributed by atoms with Crippen molar-refractivity contribution in [3.8, 4) is 0 Å². The van der Waals surface area contributed by atoms with Gasteiger partial charge in [-0.15, -0.1) is 11.3 Å². The minimum atomic E-state index is -3.64. The molecule has 0 bridgehead atoms. The zero-order chi connectivity index (χ0) is 16.7. The zero-order valence-electron chi connectivity index (χ0n) is 13.2. The Kier molecular flexibility index (Phi) is 3.90. The van der Waals surface area contributed by atoms with Gasteiger partial charge in [0, 0.05) is 10.8 Å². The molecule has 0 spiro atoms. The van der Waals surface area contributed by atoms with E-state index in [1.54, 1.807) is 12.1 Å². The Morgan fingerprint density at radius 3 is 2.39 bits per heavy atom. The van der Waals surface area contributed by atoms with Crippen LogP contribution in [0, 0.1) is 0 Å². The van der Waals surface area contributed by atoms with E-state index in [1.165, 1.54) is 11.3 Å². The summed E-state index contributed by atoms with van der Waals surface area (Å²) in [6.07, 6.45) is 0. The molecule has 4 nitrogen and oxygen atoms in total. The minimum absolute atomic E-state index is 0.108. The highest BCUT2D eigenvalue weighted by atomic mass is 32.2. The van der Waals surface area contributed by atoms with Crippen molar-refractivity contribution in [1.82, 2.24) is 4.98 Å². The van der Waals surface area contributed by atoms with Crippen LogP contribution >= 0.6 is 11.3 Å². The normalized spacial score (nSPS) is 12.5. The summed E-state index contributed by atoms with van der Waals surface area (Å²) in [7, 11) is -3.64. The lowest BCUT2D eigenvalue weighted by atomic mass is 9.93. The van der Waals surface area contributed by atoms with Crippen LogP contribution in [0.25, 0.3) is 10.8 Å². The van der Waals surface area contributed by atoms with E-state index in [1.807, 2.05) is 56.5 Å². The maximum Gasteiger partial charge on any atom is 0.263 e. The van der Waals surface area contributed by atoms with E-state index in [-0.39, 0.29) is 10.3 Å². The van der Waals surface area contributed by atoms with E-state index in [0.717, 1.165) is 16.5 Å². The van der Waals surface area contributed by atoms with Gasteiger partial charge in [0.15, 0.2) is 5.13 Å². The number of hydrogen-bond acceptors (Lipinski definition) is 4. The van der Waals surface area contributed by atoms with E-state index in [2.05, 4.69) is 9.71 Å². The fraction of sp³-hybridized carbons (Fsp3) is 0.235. The van der Waals surface area contributed by atoms with Crippen molar-refractivity contribution in [2.75, 3.05) is 4.72 Å². The molecule has 0 aliphatic heterocycles. The molecule has 3 aromatic rings. The number of benzene rings is 2. The Bertz CT molecular complexity index is 954. The first-order valence-electron chi connectivity index (χ1n) is 7.23. The fourth-order valence-corrected chi connectivity index (χ4v) is 4.40. The van der Waals surface area contributed by atoms with Gasteiger partial charge in [0.1, 0.15) is 0 Å². The molecule has 2 aromatic carbocycles. The van der Waals surface area contributed by atoms with Crippen molar-refractivity contribution < 1.29 is 8.42 Å². The first-order valence-corrected chi connectivity index (χ1v) is 9.60. The number of thiazole rings is 1. The molecule has 0 atom stereocenters. The summed E-state index contributed by atoms with van der Waals surface area (Å²) >= 11 is 1.30. The van der Waals surface area contributed by atoms with Gasteiger partial charge in [-0.05, 0) is 22.9 Å². The van der Waals surface area contributed by atoms with E-state index < -0.39 is 10.0 Å². The summed E-state index contributed by atoms with van der Waals surface area (Å²) in [4.78, 5) is 4.62. The predicted molar refractivity (Wildman–Crippen MR) is 95.6 cm³/mol. The van der Waals surface area contributed by atoms with Crippen molar-refractivity contribution in [2.45, 2.75) is 31.1 Å². The third-order valence-corrected chi connectivity index (χ3v) is 5.75. The molecular weight excluding hydrogens is 328 g/mol. The van der Waals surface area contributed by atoms with Crippen molar-refractivity contribution in [2.24, 2.45) is 0 Å². The molecule has 1 heterocycles. The van der Waals surface area contributed by atoms with Gasteiger partial charge in [-0.2, -0.15) is 0 Å². The molecule has 23 heavy (non-hydrogen) atoms. The Labute approximate surface area is 140 Å². The molecule has 0 saturated heterocycles.